The maximum atomic E-state index is 5.71. The van der Waals surface area contributed by atoms with Crippen LogP contribution in [0.3, 0.4) is 0 Å². The van der Waals surface area contributed by atoms with Gasteiger partial charge in [0.2, 0.25) is 0 Å². The van der Waals surface area contributed by atoms with E-state index in [4.69, 9.17) is 15.2 Å². The molecule has 0 aliphatic rings. The number of pyridine rings is 1. The fourth-order valence-corrected chi connectivity index (χ4v) is 2.57. The maximum Gasteiger partial charge on any atom is 0.190 e. The number of aryl methyl sites for hydroxylation is 1. The van der Waals surface area contributed by atoms with Gasteiger partial charge in [-0.1, -0.05) is 11.8 Å². The van der Waals surface area contributed by atoms with Gasteiger partial charge in [-0.2, -0.15) is 0 Å². The van der Waals surface area contributed by atoms with Crippen LogP contribution >= 0.6 is 11.8 Å². The minimum atomic E-state index is 0.463. The van der Waals surface area contributed by atoms with Crippen molar-refractivity contribution in [2.45, 2.75) is 17.8 Å². The molecule has 7 heteroatoms. The molecule has 6 nitrogen and oxygen atoms in total. The molecule has 0 unspecified atom stereocenters. The molecule has 0 fully saturated rings. The molecular weight excluding hydrogens is 276 g/mol. The predicted molar refractivity (Wildman–Crippen MR) is 78.1 cm³/mol. The van der Waals surface area contributed by atoms with E-state index >= 15 is 0 Å². The number of methoxy groups -OCH3 is 2. The Labute approximate surface area is 121 Å². The summed E-state index contributed by atoms with van der Waals surface area (Å²) >= 11 is 1.45. The minimum absolute atomic E-state index is 0.463. The molecule has 2 rings (SSSR count). The van der Waals surface area contributed by atoms with E-state index in [0.29, 0.717) is 28.2 Å². The molecule has 0 aliphatic carbocycles. The van der Waals surface area contributed by atoms with E-state index in [1.807, 2.05) is 6.92 Å². The summed E-state index contributed by atoms with van der Waals surface area (Å²) in [5.41, 5.74) is 7.32. The van der Waals surface area contributed by atoms with Crippen molar-refractivity contribution in [3.8, 4) is 11.5 Å². The van der Waals surface area contributed by atoms with Crippen molar-refractivity contribution in [3.05, 3.63) is 29.7 Å². The van der Waals surface area contributed by atoms with Crippen LogP contribution in [0.4, 0.5) is 5.82 Å². The quantitative estimate of drug-likeness (QED) is 0.667. The summed E-state index contributed by atoms with van der Waals surface area (Å²) in [4.78, 5) is 12.8. The molecule has 2 aromatic heterocycles. The van der Waals surface area contributed by atoms with Crippen molar-refractivity contribution in [2.75, 3.05) is 20.0 Å². The third kappa shape index (κ3) is 3.30. The van der Waals surface area contributed by atoms with Gasteiger partial charge in [-0.15, -0.1) is 0 Å². The number of nitrogens with zero attached hydrogens (tertiary/aromatic N) is 3. The highest BCUT2D eigenvalue weighted by molar-refractivity contribution is 7.98. The van der Waals surface area contributed by atoms with Gasteiger partial charge in [-0.3, -0.25) is 4.98 Å². The summed E-state index contributed by atoms with van der Waals surface area (Å²) in [7, 11) is 3.19. The first kappa shape index (κ1) is 14.4. The van der Waals surface area contributed by atoms with E-state index < -0.39 is 0 Å². The summed E-state index contributed by atoms with van der Waals surface area (Å²) in [6.07, 6.45) is 1.68. The SMILES string of the molecule is COc1ccnc(CSc2nc(C)cc(N)n2)c1OC. The smallest absolute Gasteiger partial charge is 0.190 e. The molecule has 2 heterocycles. The van der Waals surface area contributed by atoms with Crippen molar-refractivity contribution < 1.29 is 9.47 Å². The molecule has 0 bridgehead atoms. The molecular formula is C13H16N4O2S. The highest BCUT2D eigenvalue weighted by Gasteiger charge is 2.12. The van der Waals surface area contributed by atoms with Gasteiger partial charge in [0.25, 0.3) is 0 Å². The summed E-state index contributed by atoms with van der Waals surface area (Å²) in [5, 5.41) is 0.620. The molecule has 0 saturated carbocycles. The van der Waals surface area contributed by atoms with Crippen LogP contribution in [0.25, 0.3) is 0 Å². The summed E-state index contributed by atoms with van der Waals surface area (Å²) < 4.78 is 10.6. The van der Waals surface area contributed by atoms with Crippen LogP contribution in [0.15, 0.2) is 23.5 Å². The number of anilines is 1. The van der Waals surface area contributed by atoms with Crippen molar-refractivity contribution in [1.29, 1.82) is 0 Å². The van der Waals surface area contributed by atoms with E-state index in [0.717, 1.165) is 11.4 Å². The van der Waals surface area contributed by atoms with Crippen LogP contribution in [0, 0.1) is 6.92 Å². The second-order valence-electron chi connectivity index (χ2n) is 4.00. The van der Waals surface area contributed by atoms with E-state index in [1.54, 1.807) is 32.5 Å². The topological polar surface area (TPSA) is 83.2 Å². The van der Waals surface area contributed by atoms with Gasteiger partial charge >= 0.3 is 0 Å². The normalized spacial score (nSPS) is 10.3. The van der Waals surface area contributed by atoms with Gasteiger partial charge in [-0.25, -0.2) is 9.97 Å². The number of hydrogen-bond acceptors (Lipinski definition) is 7. The van der Waals surface area contributed by atoms with Crippen LogP contribution in [0.5, 0.6) is 11.5 Å². The minimum Gasteiger partial charge on any atom is -0.493 e. The Hall–Kier alpha value is -2.02. The van der Waals surface area contributed by atoms with E-state index in [1.165, 1.54) is 11.8 Å². The van der Waals surface area contributed by atoms with E-state index in [9.17, 15) is 0 Å². The van der Waals surface area contributed by atoms with Gasteiger partial charge in [0, 0.05) is 29.8 Å². The molecule has 0 aliphatic heterocycles. The zero-order chi connectivity index (χ0) is 14.5. The Morgan fingerprint density at radius 2 is 2.05 bits per heavy atom. The lowest BCUT2D eigenvalue weighted by Gasteiger charge is -2.11. The molecule has 0 aromatic carbocycles. The Bertz CT molecular complexity index is 587. The number of thioether (sulfide) groups is 1. The molecule has 0 amide bonds. The highest BCUT2D eigenvalue weighted by Crippen LogP contribution is 2.32. The van der Waals surface area contributed by atoms with E-state index in [2.05, 4.69) is 15.0 Å². The summed E-state index contributed by atoms with van der Waals surface area (Å²) in [6, 6.07) is 3.49. The third-order valence-electron chi connectivity index (χ3n) is 2.56. The number of aromatic nitrogens is 3. The van der Waals surface area contributed by atoms with Crippen LogP contribution < -0.4 is 15.2 Å². The third-order valence-corrected chi connectivity index (χ3v) is 3.42. The van der Waals surface area contributed by atoms with Gasteiger partial charge in [0.1, 0.15) is 5.82 Å². The number of ether oxygens (including phenoxy) is 2. The number of nitrogen functional groups attached to an aromatic ring is 1. The highest BCUT2D eigenvalue weighted by atomic mass is 32.2. The number of nitrogens with two attached hydrogens (primary N) is 1. The summed E-state index contributed by atoms with van der Waals surface area (Å²) in [5.74, 6) is 2.32. The zero-order valence-electron chi connectivity index (χ0n) is 11.6. The Balaban J connectivity index is 2.18. The van der Waals surface area contributed by atoms with Crippen molar-refractivity contribution >= 4 is 17.6 Å². The molecule has 0 atom stereocenters. The van der Waals surface area contributed by atoms with Crippen LogP contribution in [0.2, 0.25) is 0 Å². The molecule has 2 N–H and O–H groups in total. The number of hydrogen-bond donors (Lipinski definition) is 1. The predicted octanol–water partition coefficient (Wildman–Crippen LogP) is 2.07. The van der Waals surface area contributed by atoms with Crippen LogP contribution in [-0.2, 0) is 5.75 Å². The van der Waals surface area contributed by atoms with Gasteiger partial charge in [0.15, 0.2) is 16.7 Å². The number of rotatable bonds is 5. The second kappa shape index (κ2) is 6.42. The molecule has 20 heavy (non-hydrogen) atoms. The molecule has 0 spiro atoms. The van der Waals surface area contributed by atoms with E-state index in [-0.39, 0.29) is 0 Å². The van der Waals surface area contributed by atoms with Crippen LogP contribution in [-0.4, -0.2) is 29.2 Å². The Kier molecular flexibility index (Phi) is 4.62. The van der Waals surface area contributed by atoms with Crippen molar-refractivity contribution in [1.82, 2.24) is 15.0 Å². The molecule has 106 valence electrons. The first-order valence-corrected chi connectivity index (χ1v) is 6.92. The van der Waals surface area contributed by atoms with Crippen LogP contribution in [0.1, 0.15) is 11.4 Å². The van der Waals surface area contributed by atoms with Crippen molar-refractivity contribution in [3.63, 3.8) is 0 Å². The Morgan fingerprint density at radius 3 is 2.70 bits per heavy atom. The lowest BCUT2D eigenvalue weighted by molar-refractivity contribution is 0.350. The molecule has 2 aromatic rings. The first-order valence-electron chi connectivity index (χ1n) is 5.94. The molecule has 0 saturated heterocycles. The Morgan fingerprint density at radius 1 is 1.25 bits per heavy atom. The van der Waals surface area contributed by atoms with Gasteiger partial charge in [-0.05, 0) is 6.92 Å². The standard InChI is InChI=1S/C13H16N4O2S/c1-8-6-11(14)17-13(16-8)20-7-9-12(19-3)10(18-2)4-5-15-9/h4-6H,7H2,1-3H3,(H2,14,16,17). The average molecular weight is 292 g/mol. The lowest BCUT2D eigenvalue weighted by atomic mass is 10.3. The largest absolute Gasteiger partial charge is 0.493 e. The fourth-order valence-electron chi connectivity index (χ4n) is 1.72. The zero-order valence-corrected chi connectivity index (χ0v) is 12.4. The van der Waals surface area contributed by atoms with Crippen molar-refractivity contribution in [2.24, 2.45) is 0 Å². The second-order valence-corrected chi connectivity index (χ2v) is 4.94. The van der Waals surface area contributed by atoms with Gasteiger partial charge in [0.05, 0.1) is 19.9 Å². The summed E-state index contributed by atoms with van der Waals surface area (Å²) in [6.45, 7) is 1.88. The lowest BCUT2D eigenvalue weighted by Crippen LogP contribution is -1.99. The first-order chi connectivity index (χ1) is 9.63. The molecule has 0 radical (unpaired) electrons. The maximum absolute atomic E-state index is 5.71. The average Bonchev–Trinajstić information content (AvgIpc) is 2.43. The fraction of sp³-hybridized carbons (Fsp3) is 0.308. The van der Waals surface area contributed by atoms with Gasteiger partial charge < -0.3 is 15.2 Å². The monoisotopic (exact) mass is 292 g/mol.